The molecule has 2 aromatic carbocycles. The number of nitrogens with one attached hydrogen (secondary N) is 2. The van der Waals surface area contributed by atoms with Crippen LogP contribution in [0.5, 0.6) is 23.0 Å². The van der Waals surface area contributed by atoms with E-state index in [4.69, 9.17) is 42.8 Å². The Morgan fingerprint density at radius 3 is 2.52 bits per heavy atom. The summed E-state index contributed by atoms with van der Waals surface area (Å²) in [7, 11) is 4.85. The van der Waals surface area contributed by atoms with E-state index in [1.807, 2.05) is 24.3 Å². The average molecular weight is 464 g/mol. The third kappa shape index (κ3) is 7.34. The van der Waals surface area contributed by atoms with E-state index < -0.39 is 0 Å². The number of benzene rings is 2. The molecule has 2 N–H and O–H groups in total. The lowest BCUT2D eigenvalue weighted by Gasteiger charge is -2.15. The molecule has 0 aliphatic rings. The quantitative estimate of drug-likeness (QED) is 0.172. The highest BCUT2D eigenvalue weighted by Crippen LogP contribution is 2.36. The van der Waals surface area contributed by atoms with E-state index in [2.05, 4.69) is 22.4 Å². The summed E-state index contributed by atoms with van der Waals surface area (Å²) in [5.74, 6) is 2.20. The van der Waals surface area contributed by atoms with Crippen LogP contribution in [-0.4, -0.2) is 45.8 Å². The van der Waals surface area contributed by atoms with Gasteiger partial charge in [-0.25, -0.2) is 0 Å². The van der Waals surface area contributed by atoms with Crippen molar-refractivity contribution in [3.63, 3.8) is 0 Å². The summed E-state index contributed by atoms with van der Waals surface area (Å²) in [5, 5.41) is 7.59. The van der Waals surface area contributed by atoms with Gasteiger partial charge < -0.3 is 24.3 Å². The van der Waals surface area contributed by atoms with Crippen LogP contribution in [0.15, 0.2) is 48.1 Å². The summed E-state index contributed by atoms with van der Waals surface area (Å²) in [6, 6.07) is 9.24. The van der Waals surface area contributed by atoms with Gasteiger partial charge in [0, 0.05) is 7.05 Å². The summed E-state index contributed by atoms with van der Waals surface area (Å²) in [5.41, 5.74) is 4.49. The van der Waals surface area contributed by atoms with Crippen LogP contribution in [0.25, 0.3) is 0 Å². The fourth-order valence-corrected chi connectivity index (χ4v) is 2.92. The second kappa shape index (κ2) is 12.7. The van der Waals surface area contributed by atoms with Gasteiger partial charge in [0.05, 0.1) is 25.5 Å². The standard InChI is InChI=1S/C22H26ClN3O4S/c1-5-6-15-7-8-18(19(12-15)27-3)29-9-10-30-21-17(23)11-16(13-20(21)28-4)14-25-26-22(31)24-2/h5,7-8,11-14H,1,6,9-10H2,2-4H3,(H2,24,26,31)/b25-14-. The molecular weight excluding hydrogens is 438 g/mol. The first kappa shape index (κ1) is 24.3. The minimum atomic E-state index is 0.263. The molecule has 2 aromatic rings. The second-order valence-electron chi connectivity index (χ2n) is 6.16. The predicted molar refractivity (Wildman–Crippen MR) is 128 cm³/mol. The Bertz CT molecular complexity index is 937. The van der Waals surface area contributed by atoms with Crippen molar-refractivity contribution in [2.75, 3.05) is 34.5 Å². The lowest BCUT2D eigenvalue weighted by Crippen LogP contribution is -2.28. The SMILES string of the molecule is C=CCc1ccc(OCCOc2c(Cl)cc(/C=N\NC(=S)NC)cc2OC)c(OC)c1. The highest BCUT2D eigenvalue weighted by atomic mass is 35.5. The fourth-order valence-electron chi connectivity index (χ4n) is 2.60. The number of ether oxygens (including phenoxy) is 4. The van der Waals surface area contributed by atoms with E-state index in [9.17, 15) is 0 Å². The molecule has 0 fully saturated rings. The second-order valence-corrected chi connectivity index (χ2v) is 6.97. The molecule has 0 heterocycles. The van der Waals surface area contributed by atoms with E-state index >= 15 is 0 Å². The number of methoxy groups -OCH3 is 2. The number of thiocarbonyl (C=S) groups is 1. The first-order valence-corrected chi connectivity index (χ1v) is 10.2. The molecular formula is C22H26ClN3O4S. The van der Waals surface area contributed by atoms with Crippen molar-refractivity contribution in [3.05, 3.63) is 59.1 Å². The Hall–Kier alpha value is -2.97. The maximum Gasteiger partial charge on any atom is 0.186 e. The van der Waals surface area contributed by atoms with Crippen LogP contribution in [0, 0.1) is 0 Å². The first-order valence-electron chi connectivity index (χ1n) is 9.44. The van der Waals surface area contributed by atoms with Gasteiger partial charge in [0.2, 0.25) is 0 Å². The molecule has 0 atom stereocenters. The Morgan fingerprint density at radius 2 is 1.84 bits per heavy atom. The largest absolute Gasteiger partial charge is 0.493 e. The van der Waals surface area contributed by atoms with Crippen LogP contribution in [-0.2, 0) is 6.42 Å². The van der Waals surface area contributed by atoms with Crippen LogP contribution in [0.2, 0.25) is 5.02 Å². The van der Waals surface area contributed by atoms with Crippen LogP contribution < -0.4 is 29.7 Å². The number of halogens is 1. The smallest absolute Gasteiger partial charge is 0.186 e. The maximum atomic E-state index is 6.38. The molecule has 0 aliphatic carbocycles. The number of hydrogen-bond acceptors (Lipinski definition) is 6. The van der Waals surface area contributed by atoms with E-state index in [-0.39, 0.29) is 6.61 Å². The number of rotatable bonds is 11. The van der Waals surface area contributed by atoms with Crippen molar-refractivity contribution in [3.8, 4) is 23.0 Å². The van der Waals surface area contributed by atoms with Gasteiger partial charge in [0.15, 0.2) is 28.1 Å². The summed E-state index contributed by atoms with van der Waals surface area (Å²) in [6.07, 6.45) is 4.18. The molecule has 0 amide bonds. The Morgan fingerprint density at radius 1 is 1.10 bits per heavy atom. The van der Waals surface area contributed by atoms with Gasteiger partial charge in [-0.2, -0.15) is 5.10 Å². The summed E-state index contributed by atoms with van der Waals surface area (Å²) < 4.78 is 22.4. The summed E-state index contributed by atoms with van der Waals surface area (Å²) >= 11 is 11.3. The third-order valence-electron chi connectivity index (χ3n) is 4.05. The fraction of sp³-hybridized carbons (Fsp3) is 0.273. The molecule has 0 saturated carbocycles. The van der Waals surface area contributed by atoms with Crippen molar-refractivity contribution < 1.29 is 18.9 Å². The molecule has 0 saturated heterocycles. The van der Waals surface area contributed by atoms with Gasteiger partial charge in [-0.05, 0) is 54.0 Å². The Balaban J connectivity index is 1.99. The van der Waals surface area contributed by atoms with Crippen LogP contribution in [0.3, 0.4) is 0 Å². The number of hydrazone groups is 1. The Labute approximate surface area is 193 Å². The van der Waals surface area contributed by atoms with Crippen molar-refractivity contribution in [2.24, 2.45) is 5.10 Å². The zero-order valence-corrected chi connectivity index (χ0v) is 19.3. The average Bonchev–Trinajstić information content (AvgIpc) is 2.78. The van der Waals surface area contributed by atoms with E-state index in [1.54, 1.807) is 39.6 Å². The molecule has 0 bridgehead atoms. The topological polar surface area (TPSA) is 73.3 Å². The van der Waals surface area contributed by atoms with Crippen LogP contribution >= 0.6 is 23.8 Å². The minimum absolute atomic E-state index is 0.263. The van der Waals surface area contributed by atoms with Gasteiger partial charge in [-0.15, -0.1) is 6.58 Å². The van der Waals surface area contributed by atoms with Crippen molar-refractivity contribution in [2.45, 2.75) is 6.42 Å². The number of nitrogens with zero attached hydrogens (tertiary/aromatic N) is 1. The molecule has 9 heteroatoms. The van der Waals surface area contributed by atoms with Crippen molar-refractivity contribution in [1.82, 2.24) is 10.7 Å². The normalized spacial score (nSPS) is 10.5. The van der Waals surface area contributed by atoms with Gasteiger partial charge in [-0.1, -0.05) is 23.7 Å². The molecule has 0 unspecified atom stereocenters. The van der Waals surface area contributed by atoms with E-state index in [1.165, 1.54) is 0 Å². The molecule has 2 rings (SSSR count). The van der Waals surface area contributed by atoms with Crippen LogP contribution in [0.4, 0.5) is 0 Å². The predicted octanol–water partition coefficient (Wildman–Crippen LogP) is 3.97. The highest BCUT2D eigenvalue weighted by molar-refractivity contribution is 7.80. The van der Waals surface area contributed by atoms with E-state index in [0.29, 0.717) is 39.7 Å². The van der Waals surface area contributed by atoms with Gasteiger partial charge in [-0.3, -0.25) is 5.43 Å². The van der Waals surface area contributed by atoms with Crippen molar-refractivity contribution >= 4 is 35.1 Å². The minimum Gasteiger partial charge on any atom is -0.493 e. The molecule has 0 aromatic heterocycles. The molecule has 0 aliphatic heterocycles. The molecule has 166 valence electrons. The van der Waals surface area contributed by atoms with Gasteiger partial charge >= 0.3 is 0 Å². The lowest BCUT2D eigenvalue weighted by atomic mass is 10.1. The summed E-state index contributed by atoms with van der Waals surface area (Å²) in [6.45, 7) is 4.31. The zero-order chi connectivity index (χ0) is 22.6. The molecule has 7 nitrogen and oxygen atoms in total. The molecule has 0 radical (unpaired) electrons. The first-order chi connectivity index (χ1) is 15.0. The number of hydrogen-bond donors (Lipinski definition) is 2. The maximum absolute atomic E-state index is 6.38. The van der Waals surface area contributed by atoms with Crippen molar-refractivity contribution in [1.29, 1.82) is 0 Å². The van der Waals surface area contributed by atoms with Crippen LogP contribution in [0.1, 0.15) is 11.1 Å². The Kier molecular flexibility index (Phi) is 9.93. The lowest BCUT2D eigenvalue weighted by molar-refractivity contribution is 0.206. The molecule has 31 heavy (non-hydrogen) atoms. The summed E-state index contributed by atoms with van der Waals surface area (Å²) in [4.78, 5) is 0. The highest BCUT2D eigenvalue weighted by Gasteiger charge is 2.12. The molecule has 0 spiro atoms. The van der Waals surface area contributed by atoms with Gasteiger partial charge in [0.1, 0.15) is 13.2 Å². The monoisotopic (exact) mass is 463 g/mol. The zero-order valence-electron chi connectivity index (χ0n) is 17.7. The van der Waals surface area contributed by atoms with Gasteiger partial charge in [0.25, 0.3) is 0 Å². The van der Waals surface area contributed by atoms with E-state index in [0.717, 1.165) is 17.5 Å². The third-order valence-corrected chi connectivity index (χ3v) is 4.63. The number of allylic oxidation sites excluding steroid dienone is 1.